The largest absolute Gasteiger partial charge is 0.392 e. The molecule has 3 aliphatic rings. The van der Waals surface area contributed by atoms with Crippen molar-refractivity contribution in [3.8, 4) is 0 Å². The van der Waals surface area contributed by atoms with Gasteiger partial charge in [-0.15, -0.1) is 0 Å². The van der Waals surface area contributed by atoms with Crippen LogP contribution in [0.25, 0.3) is 0 Å². The Labute approximate surface area is 214 Å². The number of carbonyl (C=O) groups is 3. The molecule has 0 radical (unpaired) electrons. The van der Waals surface area contributed by atoms with E-state index >= 15 is 0 Å². The fraction of sp³-hybridized carbons (Fsp3) is 0.679. The second-order valence-corrected chi connectivity index (χ2v) is 11.7. The van der Waals surface area contributed by atoms with E-state index in [1.807, 2.05) is 24.3 Å². The van der Waals surface area contributed by atoms with E-state index in [2.05, 4.69) is 36.7 Å². The van der Waals surface area contributed by atoms with Crippen molar-refractivity contribution >= 4 is 23.4 Å². The van der Waals surface area contributed by atoms with E-state index in [0.717, 1.165) is 31.2 Å². The van der Waals surface area contributed by atoms with E-state index in [1.165, 1.54) is 6.42 Å². The van der Waals surface area contributed by atoms with E-state index in [9.17, 15) is 19.5 Å². The van der Waals surface area contributed by atoms with Gasteiger partial charge in [0.15, 0.2) is 0 Å². The second-order valence-electron chi connectivity index (χ2n) is 11.7. The fourth-order valence-electron chi connectivity index (χ4n) is 5.77. The topological polar surface area (TPSA) is 111 Å². The highest BCUT2D eigenvalue weighted by Gasteiger charge is 2.43. The quantitative estimate of drug-likeness (QED) is 0.481. The van der Waals surface area contributed by atoms with Gasteiger partial charge < -0.3 is 21.1 Å². The summed E-state index contributed by atoms with van der Waals surface area (Å²) in [5.74, 6) is -0.801. The maximum atomic E-state index is 14.0. The highest BCUT2D eigenvalue weighted by atomic mass is 16.3. The van der Waals surface area contributed by atoms with E-state index in [4.69, 9.17) is 0 Å². The number of anilines is 1. The average molecular weight is 499 g/mol. The number of β-amino-alcohol motifs (C(OH)–C–C–N with tert-alkyl or cyclic N) is 1. The highest BCUT2D eigenvalue weighted by molar-refractivity contribution is 6.04. The lowest BCUT2D eigenvalue weighted by atomic mass is 9.85. The molecule has 3 amide bonds. The van der Waals surface area contributed by atoms with Crippen molar-refractivity contribution in [2.75, 3.05) is 18.0 Å². The number of hydrogen-bond donors (Lipinski definition) is 4. The van der Waals surface area contributed by atoms with Crippen molar-refractivity contribution in [3.05, 3.63) is 29.8 Å². The molecular formula is C28H42N4O4. The van der Waals surface area contributed by atoms with Crippen LogP contribution in [0.4, 0.5) is 5.69 Å². The molecule has 2 heterocycles. The Morgan fingerprint density at radius 2 is 1.78 bits per heavy atom. The summed E-state index contributed by atoms with van der Waals surface area (Å²) in [6, 6.07) is 6.56. The lowest BCUT2D eigenvalue weighted by Crippen LogP contribution is -2.60. The number of nitrogens with one attached hydrogen (secondary N) is 3. The van der Waals surface area contributed by atoms with E-state index < -0.39 is 18.2 Å². The summed E-state index contributed by atoms with van der Waals surface area (Å²) < 4.78 is 0. The molecule has 2 unspecified atom stereocenters. The molecule has 8 heteroatoms. The minimum Gasteiger partial charge on any atom is -0.392 e. The molecule has 1 saturated carbocycles. The predicted molar refractivity (Wildman–Crippen MR) is 140 cm³/mol. The summed E-state index contributed by atoms with van der Waals surface area (Å²) in [4.78, 5) is 41.9. The number of benzene rings is 1. The number of amides is 3. The molecule has 0 bridgehead atoms. The van der Waals surface area contributed by atoms with Crippen LogP contribution in [-0.2, 0) is 19.8 Å². The van der Waals surface area contributed by atoms with Crippen molar-refractivity contribution in [3.63, 3.8) is 0 Å². The molecule has 3 fully saturated rings. The summed E-state index contributed by atoms with van der Waals surface area (Å²) in [6.07, 6.45) is 5.76. The van der Waals surface area contributed by atoms with Gasteiger partial charge in [0.25, 0.3) is 0 Å². The molecule has 36 heavy (non-hydrogen) atoms. The number of aliphatic hydroxyl groups is 1. The van der Waals surface area contributed by atoms with Crippen LogP contribution in [0.1, 0.15) is 77.7 Å². The molecule has 8 nitrogen and oxygen atoms in total. The first-order chi connectivity index (χ1) is 17.1. The molecule has 1 aromatic rings. The second kappa shape index (κ2) is 11.3. The predicted octanol–water partition coefficient (Wildman–Crippen LogP) is 2.38. The third-order valence-corrected chi connectivity index (χ3v) is 7.88. The normalized spacial score (nSPS) is 26.2. The van der Waals surface area contributed by atoms with E-state index in [1.54, 1.807) is 4.90 Å². The van der Waals surface area contributed by atoms with Gasteiger partial charge >= 0.3 is 0 Å². The van der Waals surface area contributed by atoms with Crippen LogP contribution in [0.5, 0.6) is 0 Å². The first-order valence-electron chi connectivity index (χ1n) is 13.6. The van der Waals surface area contributed by atoms with Crippen LogP contribution >= 0.6 is 0 Å². The third-order valence-electron chi connectivity index (χ3n) is 7.88. The summed E-state index contributed by atoms with van der Waals surface area (Å²) in [7, 11) is 0. The summed E-state index contributed by atoms with van der Waals surface area (Å²) in [5.41, 5.74) is 1.73. The lowest BCUT2D eigenvalue weighted by molar-refractivity contribution is -0.131. The lowest BCUT2D eigenvalue weighted by Gasteiger charge is -2.40. The minimum atomic E-state index is -0.800. The molecule has 0 spiro atoms. The standard InChI is InChI=1S/C28H42N4O4/c1-28(2,3)19-9-11-21(12-10-19)32(27(36)23-16-22(33)17-30-23)25(18-13-14-29-24(34)15-18)26(35)31-20-7-5-4-6-8-20/h9-12,18,20,22-23,25,30,33H,4-8,13-17H2,1-3H3,(H,29,34)(H,31,35)/t18?,22-,23-,25?/m1/s1. The van der Waals surface area contributed by atoms with Crippen LogP contribution in [-0.4, -0.2) is 60.1 Å². The molecule has 198 valence electrons. The van der Waals surface area contributed by atoms with Gasteiger partial charge in [-0.1, -0.05) is 52.2 Å². The number of nitrogens with zero attached hydrogens (tertiary/aromatic N) is 1. The molecule has 0 aromatic heterocycles. The third kappa shape index (κ3) is 6.27. The van der Waals surface area contributed by atoms with Gasteiger partial charge in [-0.25, -0.2) is 0 Å². The van der Waals surface area contributed by atoms with Gasteiger partial charge in [-0.05, 0) is 54.7 Å². The van der Waals surface area contributed by atoms with Crippen molar-refractivity contribution in [2.45, 2.75) is 102 Å². The summed E-state index contributed by atoms with van der Waals surface area (Å²) >= 11 is 0. The van der Waals surface area contributed by atoms with Gasteiger partial charge in [0.1, 0.15) is 6.04 Å². The Hall–Kier alpha value is -2.45. The number of piperidine rings is 1. The fourth-order valence-corrected chi connectivity index (χ4v) is 5.77. The van der Waals surface area contributed by atoms with Gasteiger partial charge in [0, 0.05) is 31.2 Å². The molecule has 4 N–H and O–H groups in total. The number of carbonyl (C=O) groups excluding carboxylic acids is 3. The summed E-state index contributed by atoms with van der Waals surface area (Å²) in [6.45, 7) is 7.24. The molecule has 1 aliphatic carbocycles. The molecule has 2 saturated heterocycles. The Kier molecular flexibility index (Phi) is 8.35. The number of hydrogen-bond acceptors (Lipinski definition) is 5. The van der Waals surface area contributed by atoms with E-state index in [-0.39, 0.29) is 41.5 Å². The number of rotatable bonds is 6. The first-order valence-corrected chi connectivity index (χ1v) is 13.6. The van der Waals surface area contributed by atoms with Crippen molar-refractivity contribution < 1.29 is 19.5 Å². The Bertz CT molecular complexity index is 936. The highest BCUT2D eigenvalue weighted by Crippen LogP contribution is 2.31. The maximum Gasteiger partial charge on any atom is 0.244 e. The molecule has 2 aliphatic heterocycles. The van der Waals surface area contributed by atoms with Crippen LogP contribution in [0.15, 0.2) is 24.3 Å². The average Bonchev–Trinajstić information content (AvgIpc) is 3.28. The monoisotopic (exact) mass is 498 g/mol. The van der Waals surface area contributed by atoms with E-state index in [0.29, 0.717) is 31.6 Å². The van der Waals surface area contributed by atoms with Gasteiger partial charge in [0.2, 0.25) is 17.7 Å². The number of aliphatic hydroxyl groups excluding tert-OH is 1. The molecular weight excluding hydrogens is 456 g/mol. The van der Waals surface area contributed by atoms with Crippen LogP contribution in [0.3, 0.4) is 0 Å². The van der Waals surface area contributed by atoms with Crippen LogP contribution in [0.2, 0.25) is 0 Å². The van der Waals surface area contributed by atoms with Crippen molar-refractivity contribution in [2.24, 2.45) is 5.92 Å². The zero-order valence-corrected chi connectivity index (χ0v) is 21.9. The Morgan fingerprint density at radius 3 is 2.36 bits per heavy atom. The first kappa shape index (κ1) is 26.6. The van der Waals surface area contributed by atoms with Gasteiger partial charge in [-0.3, -0.25) is 19.3 Å². The summed E-state index contributed by atoms with van der Waals surface area (Å²) in [5, 5.41) is 19.3. The van der Waals surface area contributed by atoms with Crippen LogP contribution < -0.4 is 20.9 Å². The van der Waals surface area contributed by atoms with Crippen molar-refractivity contribution in [1.29, 1.82) is 0 Å². The molecule has 4 atom stereocenters. The smallest absolute Gasteiger partial charge is 0.244 e. The van der Waals surface area contributed by atoms with Gasteiger partial charge in [0.05, 0.1) is 12.1 Å². The Balaban J connectivity index is 1.71. The minimum absolute atomic E-state index is 0.0519. The molecule has 4 rings (SSSR count). The maximum absolute atomic E-state index is 14.0. The Morgan fingerprint density at radius 1 is 1.08 bits per heavy atom. The zero-order valence-electron chi connectivity index (χ0n) is 21.9. The van der Waals surface area contributed by atoms with Gasteiger partial charge in [-0.2, -0.15) is 0 Å². The zero-order chi connectivity index (χ0) is 25.9. The van der Waals surface area contributed by atoms with Crippen LogP contribution in [0, 0.1) is 5.92 Å². The molecule has 1 aromatic carbocycles. The van der Waals surface area contributed by atoms with Crippen molar-refractivity contribution in [1.82, 2.24) is 16.0 Å². The SMILES string of the molecule is CC(C)(C)c1ccc(N(C(=O)[C@H]2C[C@@H](O)CN2)C(C(=O)NC2CCCCC2)C2CCNC(=O)C2)cc1.